The monoisotopic (exact) mass is 232 g/mol. The Morgan fingerprint density at radius 2 is 1.75 bits per heavy atom. The minimum atomic E-state index is 0.139. The Morgan fingerprint density at radius 1 is 1.06 bits per heavy atom. The minimum absolute atomic E-state index is 0.139. The summed E-state index contributed by atoms with van der Waals surface area (Å²) in [5.74, 6) is 0.431. The molecule has 0 aliphatic heterocycles. The van der Waals surface area contributed by atoms with Crippen LogP contribution >= 0.6 is 11.6 Å². The molecule has 1 N–H and O–H groups in total. The van der Waals surface area contributed by atoms with E-state index in [0.717, 1.165) is 5.56 Å². The first kappa shape index (κ1) is 11.0. The zero-order valence-corrected chi connectivity index (χ0v) is 9.78. The van der Waals surface area contributed by atoms with Crippen molar-refractivity contribution in [3.8, 4) is 5.75 Å². The van der Waals surface area contributed by atoms with Gasteiger partial charge in [0.2, 0.25) is 0 Å². The van der Waals surface area contributed by atoms with Gasteiger partial charge in [0.1, 0.15) is 5.75 Å². The van der Waals surface area contributed by atoms with Gasteiger partial charge in [0, 0.05) is 16.5 Å². The fraction of sp³-hybridized carbons (Fsp3) is 0.143. The first-order valence-corrected chi connectivity index (χ1v) is 5.59. The molecular weight excluding hydrogens is 220 g/mol. The van der Waals surface area contributed by atoms with Gasteiger partial charge in [-0.05, 0) is 23.8 Å². The van der Waals surface area contributed by atoms with Crippen molar-refractivity contribution in [3.05, 3.63) is 64.7 Å². The van der Waals surface area contributed by atoms with E-state index >= 15 is 0 Å². The molecule has 0 saturated carbocycles. The zero-order chi connectivity index (χ0) is 11.5. The number of rotatable bonds is 2. The van der Waals surface area contributed by atoms with Crippen molar-refractivity contribution < 1.29 is 5.11 Å². The highest BCUT2D eigenvalue weighted by Crippen LogP contribution is 2.32. The number of benzene rings is 2. The second kappa shape index (κ2) is 4.58. The Balaban J connectivity index is 2.41. The molecule has 0 aliphatic rings. The molecule has 2 rings (SSSR count). The molecule has 0 aliphatic carbocycles. The molecule has 2 aromatic rings. The van der Waals surface area contributed by atoms with Crippen LogP contribution in [0.4, 0.5) is 0 Å². The van der Waals surface area contributed by atoms with Crippen LogP contribution in [-0.2, 0) is 0 Å². The van der Waals surface area contributed by atoms with Crippen LogP contribution in [0, 0.1) is 0 Å². The maximum absolute atomic E-state index is 9.81. The Bertz CT molecular complexity index is 479. The van der Waals surface area contributed by atoms with Crippen LogP contribution in [0.5, 0.6) is 5.75 Å². The Morgan fingerprint density at radius 3 is 2.44 bits per heavy atom. The SMILES string of the molecule is C[C@H](c1ccccc1)c1cc(Cl)ccc1O. The lowest BCUT2D eigenvalue weighted by Crippen LogP contribution is -1.96. The summed E-state index contributed by atoms with van der Waals surface area (Å²) in [5.41, 5.74) is 2.03. The molecule has 0 spiro atoms. The summed E-state index contributed by atoms with van der Waals surface area (Å²) in [6, 6.07) is 15.2. The lowest BCUT2D eigenvalue weighted by molar-refractivity contribution is 0.466. The normalized spacial score (nSPS) is 12.4. The van der Waals surface area contributed by atoms with Crippen LogP contribution in [0.3, 0.4) is 0 Å². The summed E-state index contributed by atoms with van der Waals surface area (Å²) in [4.78, 5) is 0. The maximum atomic E-state index is 9.81. The summed E-state index contributed by atoms with van der Waals surface area (Å²) >= 11 is 5.94. The highest BCUT2D eigenvalue weighted by molar-refractivity contribution is 6.30. The van der Waals surface area contributed by atoms with Crippen molar-refractivity contribution in [1.82, 2.24) is 0 Å². The van der Waals surface area contributed by atoms with E-state index in [4.69, 9.17) is 11.6 Å². The number of halogens is 1. The van der Waals surface area contributed by atoms with Crippen molar-refractivity contribution in [2.24, 2.45) is 0 Å². The average molecular weight is 233 g/mol. The van der Waals surface area contributed by atoms with E-state index in [-0.39, 0.29) is 5.92 Å². The van der Waals surface area contributed by atoms with Crippen LogP contribution in [0.1, 0.15) is 24.0 Å². The van der Waals surface area contributed by atoms with Gasteiger partial charge in [-0.2, -0.15) is 0 Å². The van der Waals surface area contributed by atoms with E-state index in [2.05, 4.69) is 6.92 Å². The van der Waals surface area contributed by atoms with Gasteiger partial charge in [0.25, 0.3) is 0 Å². The van der Waals surface area contributed by atoms with Crippen molar-refractivity contribution in [2.45, 2.75) is 12.8 Å². The molecule has 0 bridgehead atoms. The lowest BCUT2D eigenvalue weighted by atomic mass is 9.92. The van der Waals surface area contributed by atoms with Gasteiger partial charge in [0.15, 0.2) is 0 Å². The van der Waals surface area contributed by atoms with E-state index in [1.54, 1.807) is 12.1 Å². The van der Waals surface area contributed by atoms with Crippen LogP contribution in [0.2, 0.25) is 5.02 Å². The lowest BCUT2D eigenvalue weighted by Gasteiger charge is -2.14. The first-order chi connectivity index (χ1) is 7.68. The second-order valence-electron chi connectivity index (χ2n) is 3.84. The van der Waals surface area contributed by atoms with Gasteiger partial charge in [-0.1, -0.05) is 48.9 Å². The molecule has 0 radical (unpaired) electrons. The molecule has 16 heavy (non-hydrogen) atoms. The molecule has 0 aromatic heterocycles. The summed E-state index contributed by atoms with van der Waals surface area (Å²) < 4.78 is 0. The number of aromatic hydroxyl groups is 1. The molecule has 0 unspecified atom stereocenters. The van der Waals surface area contributed by atoms with E-state index < -0.39 is 0 Å². The third-order valence-corrected chi connectivity index (χ3v) is 2.99. The predicted octanol–water partition coefficient (Wildman–Crippen LogP) is 4.20. The average Bonchev–Trinajstić information content (AvgIpc) is 2.32. The fourth-order valence-corrected chi connectivity index (χ4v) is 1.97. The fourth-order valence-electron chi connectivity index (χ4n) is 1.79. The Hall–Kier alpha value is -1.47. The Kier molecular flexibility index (Phi) is 3.16. The largest absolute Gasteiger partial charge is 0.508 e. The van der Waals surface area contributed by atoms with E-state index in [1.165, 1.54) is 5.56 Å². The molecular formula is C14H13ClO. The molecule has 1 atom stereocenters. The molecule has 1 nitrogen and oxygen atoms in total. The number of hydrogen-bond donors (Lipinski definition) is 1. The Labute approximate surface area is 100 Å². The number of phenolic OH excluding ortho intramolecular Hbond substituents is 1. The summed E-state index contributed by atoms with van der Waals surface area (Å²) in [6.07, 6.45) is 0. The molecule has 0 heterocycles. The summed E-state index contributed by atoms with van der Waals surface area (Å²) in [7, 11) is 0. The first-order valence-electron chi connectivity index (χ1n) is 5.22. The molecule has 0 saturated heterocycles. The van der Waals surface area contributed by atoms with Crippen LogP contribution in [0.15, 0.2) is 48.5 Å². The highest BCUT2D eigenvalue weighted by atomic mass is 35.5. The standard InChI is InChI=1S/C14H13ClO/c1-10(11-5-3-2-4-6-11)13-9-12(15)7-8-14(13)16/h2-10,16H,1H3/t10-/m1/s1. The van der Waals surface area contributed by atoms with Gasteiger partial charge < -0.3 is 5.11 Å². The van der Waals surface area contributed by atoms with Gasteiger partial charge in [0.05, 0.1) is 0 Å². The maximum Gasteiger partial charge on any atom is 0.119 e. The minimum Gasteiger partial charge on any atom is -0.508 e. The van der Waals surface area contributed by atoms with Crippen molar-refractivity contribution in [2.75, 3.05) is 0 Å². The quantitative estimate of drug-likeness (QED) is 0.823. The van der Waals surface area contributed by atoms with Crippen molar-refractivity contribution in [3.63, 3.8) is 0 Å². The molecule has 2 aromatic carbocycles. The van der Waals surface area contributed by atoms with E-state index in [1.807, 2.05) is 36.4 Å². The molecule has 2 heteroatoms. The van der Waals surface area contributed by atoms with Crippen LogP contribution < -0.4 is 0 Å². The highest BCUT2D eigenvalue weighted by Gasteiger charge is 2.12. The molecule has 82 valence electrons. The zero-order valence-electron chi connectivity index (χ0n) is 9.02. The van der Waals surface area contributed by atoms with Crippen LogP contribution in [0.25, 0.3) is 0 Å². The van der Waals surface area contributed by atoms with Crippen LogP contribution in [-0.4, -0.2) is 5.11 Å². The van der Waals surface area contributed by atoms with Gasteiger partial charge in [-0.25, -0.2) is 0 Å². The molecule has 0 fully saturated rings. The second-order valence-corrected chi connectivity index (χ2v) is 4.27. The van der Waals surface area contributed by atoms with Gasteiger partial charge in [-0.15, -0.1) is 0 Å². The molecule has 0 amide bonds. The smallest absolute Gasteiger partial charge is 0.119 e. The summed E-state index contributed by atoms with van der Waals surface area (Å²) in [6.45, 7) is 2.06. The van der Waals surface area contributed by atoms with Gasteiger partial charge in [-0.3, -0.25) is 0 Å². The predicted molar refractivity (Wildman–Crippen MR) is 67.1 cm³/mol. The number of phenols is 1. The van der Waals surface area contributed by atoms with E-state index in [9.17, 15) is 5.11 Å². The van der Waals surface area contributed by atoms with E-state index in [0.29, 0.717) is 10.8 Å². The van der Waals surface area contributed by atoms with Gasteiger partial charge >= 0.3 is 0 Å². The van der Waals surface area contributed by atoms with Crippen molar-refractivity contribution in [1.29, 1.82) is 0 Å². The summed E-state index contributed by atoms with van der Waals surface area (Å²) in [5, 5.41) is 10.5. The third-order valence-electron chi connectivity index (χ3n) is 2.76. The topological polar surface area (TPSA) is 20.2 Å². The third kappa shape index (κ3) is 2.20. The number of hydrogen-bond acceptors (Lipinski definition) is 1. The van der Waals surface area contributed by atoms with Crippen molar-refractivity contribution >= 4 is 11.6 Å².